The monoisotopic (exact) mass is 265 g/mol. The number of carbonyl (C=O) groups is 2. The highest BCUT2D eigenvalue weighted by atomic mass is 16.2. The van der Waals surface area contributed by atoms with Crippen molar-refractivity contribution in [1.82, 2.24) is 20.4 Å². The van der Waals surface area contributed by atoms with E-state index in [0.717, 1.165) is 12.8 Å². The van der Waals surface area contributed by atoms with Crippen LogP contribution in [0.15, 0.2) is 6.07 Å². The molecule has 0 aromatic carbocycles. The number of anilines is 1. The molecule has 1 fully saturated rings. The molecule has 2 rings (SSSR count). The van der Waals surface area contributed by atoms with Gasteiger partial charge < -0.3 is 16.0 Å². The van der Waals surface area contributed by atoms with Gasteiger partial charge in [0.05, 0.1) is 0 Å². The molecule has 19 heavy (non-hydrogen) atoms. The Bertz CT molecular complexity index is 462. The number of nitrogens with one attached hydrogen (secondary N) is 2. The van der Waals surface area contributed by atoms with Crippen molar-refractivity contribution in [3.05, 3.63) is 11.8 Å². The first-order valence-electron chi connectivity index (χ1n) is 6.41. The molecule has 1 aliphatic heterocycles. The molecule has 1 saturated heterocycles. The van der Waals surface area contributed by atoms with E-state index in [1.165, 1.54) is 6.92 Å². The van der Waals surface area contributed by atoms with Gasteiger partial charge in [-0.05, 0) is 18.8 Å². The van der Waals surface area contributed by atoms with E-state index in [1.807, 2.05) is 0 Å². The lowest BCUT2D eigenvalue weighted by Gasteiger charge is -2.31. The second kappa shape index (κ2) is 5.73. The van der Waals surface area contributed by atoms with Gasteiger partial charge in [-0.15, -0.1) is 0 Å². The van der Waals surface area contributed by atoms with Gasteiger partial charge in [-0.3, -0.25) is 14.7 Å². The Kier molecular flexibility index (Phi) is 4.03. The maximum Gasteiger partial charge on any atom is 0.271 e. The van der Waals surface area contributed by atoms with E-state index in [1.54, 1.807) is 11.0 Å². The topological polar surface area (TPSA) is 104 Å². The molecule has 7 nitrogen and oxygen atoms in total. The van der Waals surface area contributed by atoms with E-state index in [2.05, 4.69) is 15.5 Å². The van der Waals surface area contributed by atoms with Crippen LogP contribution in [-0.2, 0) is 4.79 Å². The molecule has 0 atom stereocenters. The summed E-state index contributed by atoms with van der Waals surface area (Å²) in [7, 11) is 0. The van der Waals surface area contributed by atoms with Crippen LogP contribution in [0.2, 0.25) is 0 Å². The number of likely N-dealkylation sites (tertiary alicyclic amines) is 1. The van der Waals surface area contributed by atoms with Gasteiger partial charge in [0.1, 0.15) is 11.5 Å². The Balaban J connectivity index is 1.83. The van der Waals surface area contributed by atoms with Crippen LogP contribution in [0.4, 0.5) is 5.82 Å². The number of piperidine rings is 1. The zero-order valence-electron chi connectivity index (χ0n) is 11.0. The number of carbonyl (C=O) groups excluding carboxylic acids is 2. The number of rotatable bonds is 3. The van der Waals surface area contributed by atoms with Crippen molar-refractivity contribution < 1.29 is 9.59 Å². The van der Waals surface area contributed by atoms with E-state index in [4.69, 9.17) is 5.73 Å². The summed E-state index contributed by atoms with van der Waals surface area (Å²) >= 11 is 0. The maximum atomic E-state index is 12.1. The van der Waals surface area contributed by atoms with E-state index in [9.17, 15) is 9.59 Å². The lowest BCUT2D eigenvalue weighted by Crippen LogP contribution is -2.41. The van der Waals surface area contributed by atoms with Gasteiger partial charge in [-0.25, -0.2) is 0 Å². The molecule has 2 amide bonds. The average Bonchev–Trinajstić information content (AvgIpc) is 2.83. The number of amides is 2. The SMILES string of the molecule is CC(=O)NCC1CCN(C(=O)c2cc(N)n[nH]2)CC1. The molecule has 0 saturated carbocycles. The van der Waals surface area contributed by atoms with Gasteiger partial charge in [0, 0.05) is 32.6 Å². The van der Waals surface area contributed by atoms with Crippen molar-refractivity contribution in [2.24, 2.45) is 5.92 Å². The van der Waals surface area contributed by atoms with Crippen LogP contribution >= 0.6 is 0 Å². The van der Waals surface area contributed by atoms with E-state index >= 15 is 0 Å². The molecule has 104 valence electrons. The standard InChI is InChI=1S/C12H19N5O2/c1-8(18)14-7-9-2-4-17(5-3-9)12(19)10-6-11(13)16-15-10/h6,9H,2-5,7H2,1H3,(H,14,18)(H3,13,15,16). The fourth-order valence-electron chi connectivity index (χ4n) is 2.25. The van der Waals surface area contributed by atoms with Crippen molar-refractivity contribution >= 4 is 17.6 Å². The third-order valence-corrected chi connectivity index (χ3v) is 3.37. The first-order chi connectivity index (χ1) is 9.06. The smallest absolute Gasteiger partial charge is 0.271 e. The second-order valence-electron chi connectivity index (χ2n) is 4.88. The number of aromatic amines is 1. The Hall–Kier alpha value is -2.05. The molecule has 1 aromatic heterocycles. The predicted octanol–water partition coefficient (Wildman–Crippen LogP) is -0.0198. The van der Waals surface area contributed by atoms with E-state index < -0.39 is 0 Å². The minimum atomic E-state index is -0.0674. The number of aromatic nitrogens is 2. The van der Waals surface area contributed by atoms with Crippen molar-refractivity contribution in [3.8, 4) is 0 Å². The molecule has 7 heteroatoms. The Morgan fingerprint density at radius 1 is 1.53 bits per heavy atom. The molecule has 2 heterocycles. The van der Waals surface area contributed by atoms with Crippen LogP contribution in [0, 0.1) is 5.92 Å². The molecule has 0 bridgehead atoms. The Morgan fingerprint density at radius 3 is 2.74 bits per heavy atom. The minimum absolute atomic E-state index is 0.00792. The lowest BCUT2D eigenvalue weighted by molar-refractivity contribution is -0.119. The maximum absolute atomic E-state index is 12.1. The highest BCUT2D eigenvalue weighted by Crippen LogP contribution is 2.18. The van der Waals surface area contributed by atoms with Crippen LogP contribution < -0.4 is 11.1 Å². The third kappa shape index (κ3) is 3.46. The molecule has 0 radical (unpaired) electrons. The predicted molar refractivity (Wildman–Crippen MR) is 70.3 cm³/mol. The third-order valence-electron chi connectivity index (χ3n) is 3.37. The number of nitrogen functional groups attached to an aromatic ring is 1. The number of hydrogen-bond acceptors (Lipinski definition) is 4. The van der Waals surface area contributed by atoms with Gasteiger partial charge in [0.2, 0.25) is 5.91 Å². The second-order valence-corrected chi connectivity index (χ2v) is 4.88. The van der Waals surface area contributed by atoms with Gasteiger partial charge in [-0.2, -0.15) is 5.10 Å². The summed E-state index contributed by atoms with van der Waals surface area (Å²) in [5, 5.41) is 9.20. The molecular weight excluding hydrogens is 246 g/mol. The van der Waals surface area contributed by atoms with Gasteiger partial charge in [0.15, 0.2) is 0 Å². The summed E-state index contributed by atoms with van der Waals surface area (Å²) in [6.45, 7) is 3.60. The van der Waals surface area contributed by atoms with Crippen molar-refractivity contribution in [1.29, 1.82) is 0 Å². The normalized spacial score (nSPS) is 16.4. The van der Waals surface area contributed by atoms with Crippen molar-refractivity contribution in [2.75, 3.05) is 25.4 Å². The van der Waals surface area contributed by atoms with Crippen LogP contribution in [0.5, 0.6) is 0 Å². The van der Waals surface area contributed by atoms with Crippen LogP contribution in [0.3, 0.4) is 0 Å². The quantitative estimate of drug-likeness (QED) is 0.714. The highest BCUT2D eigenvalue weighted by molar-refractivity contribution is 5.93. The first-order valence-corrected chi connectivity index (χ1v) is 6.41. The number of H-pyrrole nitrogens is 1. The van der Waals surface area contributed by atoms with E-state index in [0.29, 0.717) is 37.1 Å². The van der Waals surface area contributed by atoms with Crippen LogP contribution in [-0.4, -0.2) is 46.5 Å². The summed E-state index contributed by atoms with van der Waals surface area (Å²) in [5.74, 6) is 0.692. The van der Waals surface area contributed by atoms with E-state index in [-0.39, 0.29) is 11.8 Å². The summed E-state index contributed by atoms with van der Waals surface area (Å²) < 4.78 is 0. The number of nitrogens with zero attached hydrogens (tertiary/aromatic N) is 2. The average molecular weight is 265 g/mol. The number of hydrogen-bond donors (Lipinski definition) is 3. The minimum Gasteiger partial charge on any atom is -0.382 e. The fourth-order valence-corrected chi connectivity index (χ4v) is 2.25. The molecular formula is C12H19N5O2. The summed E-state index contributed by atoms with van der Waals surface area (Å²) in [4.78, 5) is 24.8. The summed E-state index contributed by atoms with van der Waals surface area (Å²) in [6, 6.07) is 1.55. The van der Waals surface area contributed by atoms with Crippen LogP contribution in [0.25, 0.3) is 0 Å². The van der Waals surface area contributed by atoms with Crippen LogP contribution in [0.1, 0.15) is 30.3 Å². The first kappa shape index (κ1) is 13.4. The Morgan fingerprint density at radius 2 is 2.21 bits per heavy atom. The zero-order valence-corrected chi connectivity index (χ0v) is 11.0. The fraction of sp³-hybridized carbons (Fsp3) is 0.583. The molecule has 1 aliphatic rings. The number of nitrogens with two attached hydrogens (primary N) is 1. The molecule has 4 N–H and O–H groups in total. The summed E-state index contributed by atoms with van der Waals surface area (Å²) in [5.41, 5.74) is 5.91. The van der Waals surface area contributed by atoms with Gasteiger partial charge >= 0.3 is 0 Å². The van der Waals surface area contributed by atoms with Crippen molar-refractivity contribution in [3.63, 3.8) is 0 Å². The lowest BCUT2D eigenvalue weighted by atomic mass is 9.96. The van der Waals surface area contributed by atoms with Gasteiger partial charge in [-0.1, -0.05) is 0 Å². The highest BCUT2D eigenvalue weighted by Gasteiger charge is 2.24. The zero-order chi connectivity index (χ0) is 13.8. The Labute approximate surface area is 111 Å². The summed E-state index contributed by atoms with van der Waals surface area (Å²) in [6.07, 6.45) is 1.80. The molecule has 0 aliphatic carbocycles. The molecule has 1 aromatic rings. The molecule has 0 unspecified atom stereocenters. The van der Waals surface area contributed by atoms with Gasteiger partial charge in [0.25, 0.3) is 5.91 Å². The molecule has 0 spiro atoms. The van der Waals surface area contributed by atoms with Crippen molar-refractivity contribution in [2.45, 2.75) is 19.8 Å². The largest absolute Gasteiger partial charge is 0.382 e.